The average Bonchev–Trinajstić information content (AvgIpc) is 2.70. The van der Waals surface area contributed by atoms with Gasteiger partial charge in [0.15, 0.2) is 18.1 Å². The molecule has 1 aliphatic heterocycles. The molecule has 0 saturated heterocycles. The molecular weight excluding hydrogens is 414 g/mol. The third kappa shape index (κ3) is 5.49. The van der Waals surface area contributed by atoms with Crippen molar-refractivity contribution < 1.29 is 32.2 Å². The molecule has 0 amide bonds. The topological polar surface area (TPSA) is 158 Å². The zero-order valence-electron chi connectivity index (χ0n) is 16.8. The number of hydrogen-bond donors (Lipinski definition) is 2. The first-order chi connectivity index (χ1) is 14.1. The summed E-state index contributed by atoms with van der Waals surface area (Å²) in [7, 11) is -4.11. The number of allylic oxidation sites excluding steroid dienone is 1. The number of carbonyl (C=O) groups is 2. The molecule has 1 heterocycles. The maximum Gasteiger partial charge on any atom is 0.324 e. The number of carbonyl (C=O) groups excluding carboxylic acids is 2. The van der Waals surface area contributed by atoms with Crippen LogP contribution < -0.4 is 19.9 Å². The van der Waals surface area contributed by atoms with Crippen LogP contribution in [0.1, 0.15) is 20.8 Å². The van der Waals surface area contributed by atoms with Gasteiger partial charge in [0, 0.05) is 11.8 Å². The highest BCUT2D eigenvalue weighted by Gasteiger charge is 2.31. The number of hydrogen-bond acceptors (Lipinski definition) is 9. The molecule has 0 aliphatic carbocycles. The summed E-state index contributed by atoms with van der Waals surface area (Å²) in [5, 5.41) is 8.93. The van der Waals surface area contributed by atoms with Crippen LogP contribution in [0, 0.1) is 17.2 Å². The molecule has 2 rings (SSSR count). The van der Waals surface area contributed by atoms with Gasteiger partial charge in [0.1, 0.15) is 30.9 Å². The number of benzene rings is 1. The van der Waals surface area contributed by atoms with Crippen LogP contribution in [0.15, 0.2) is 34.4 Å². The van der Waals surface area contributed by atoms with Gasteiger partial charge in [-0.25, -0.2) is 8.42 Å². The molecule has 10 nitrogen and oxygen atoms in total. The number of nitrogens with zero attached hydrogens (tertiary/aromatic N) is 1. The van der Waals surface area contributed by atoms with E-state index in [9.17, 15) is 18.0 Å². The Morgan fingerprint density at radius 2 is 1.90 bits per heavy atom. The van der Waals surface area contributed by atoms with Gasteiger partial charge in [0.25, 0.3) is 0 Å². The van der Waals surface area contributed by atoms with Crippen LogP contribution in [0.25, 0.3) is 0 Å². The van der Waals surface area contributed by atoms with Crippen molar-refractivity contribution in [2.45, 2.75) is 31.7 Å². The highest BCUT2D eigenvalue weighted by Crippen LogP contribution is 2.32. The number of nitriles is 1. The van der Waals surface area contributed by atoms with Crippen LogP contribution in [0.5, 0.6) is 11.5 Å². The highest BCUT2D eigenvalue weighted by molar-refractivity contribution is 7.89. The Hall–Kier alpha value is -3.10. The molecule has 1 aliphatic rings. The third-order valence-corrected chi connectivity index (χ3v) is 5.60. The number of rotatable bonds is 8. The quantitative estimate of drug-likeness (QED) is 0.338. The Kier molecular flexibility index (Phi) is 7.42. The zero-order valence-corrected chi connectivity index (χ0v) is 17.6. The maximum absolute atomic E-state index is 12.8. The number of sulfonamides is 1. The Morgan fingerprint density at radius 1 is 1.27 bits per heavy atom. The van der Waals surface area contributed by atoms with Gasteiger partial charge in [-0.1, -0.05) is 13.8 Å². The SMILES string of the molecule is C/C(N)=C(\C#N)C(=O)COC(=O)C(NS(=O)(=O)c1ccc2c(c1)OCCO2)C(C)C. The van der Waals surface area contributed by atoms with Gasteiger partial charge in [-0.2, -0.15) is 9.98 Å². The molecule has 30 heavy (non-hydrogen) atoms. The van der Waals surface area contributed by atoms with Crippen molar-refractivity contribution in [2.75, 3.05) is 19.8 Å². The first-order valence-electron chi connectivity index (χ1n) is 9.05. The molecule has 11 heteroatoms. The lowest BCUT2D eigenvalue weighted by atomic mass is 10.1. The predicted molar refractivity (Wildman–Crippen MR) is 105 cm³/mol. The Labute approximate surface area is 174 Å². The summed E-state index contributed by atoms with van der Waals surface area (Å²) >= 11 is 0. The van der Waals surface area contributed by atoms with E-state index in [4.69, 9.17) is 25.2 Å². The molecule has 0 saturated carbocycles. The molecule has 1 aromatic rings. The fourth-order valence-corrected chi connectivity index (χ4v) is 3.90. The second kappa shape index (κ2) is 9.60. The van der Waals surface area contributed by atoms with Crippen LogP contribution in [-0.2, 0) is 24.3 Å². The minimum absolute atomic E-state index is 0.00160. The summed E-state index contributed by atoms with van der Waals surface area (Å²) in [6, 6.07) is 4.48. The maximum atomic E-state index is 12.8. The normalized spacial score (nSPS) is 15.0. The lowest BCUT2D eigenvalue weighted by molar-refractivity contribution is -0.149. The van der Waals surface area contributed by atoms with Gasteiger partial charge in [0.2, 0.25) is 15.8 Å². The fourth-order valence-electron chi connectivity index (χ4n) is 2.55. The van der Waals surface area contributed by atoms with E-state index in [-0.39, 0.29) is 21.9 Å². The van der Waals surface area contributed by atoms with E-state index in [2.05, 4.69) is 4.72 Å². The van der Waals surface area contributed by atoms with Crippen LogP contribution >= 0.6 is 0 Å². The Morgan fingerprint density at radius 3 is 2.47 bits per heavy atom. The fraction of sp³-hybridized carbons (Fsp3) is 0.421. The van der Waals surface area contributed by atoms with E-state index in [1.165, 1.54) is 25.1 Å². The third-order valence-electron chi connectivity index (χ3n) is 4.16. The molecule has 1 unspecified atom stereocenters. The standard InChI is InChI=1S/C19H23N3O7S/c1-11(2)18(19(24)29-10-15(23)14(9-20)12(3)21)22-30(25,26)13-4-5-16-17(8-13)28-7-6-27-16/h4-5,8,11,18,22H,6-7,10,21H2,1-3H3/b14-12-. The smallest absolute Gasteiger partial charge is 0.324 e. The predicted octanol–water partition coefficient (Wildman–Crippen LogP) is 0.629. The molecule has 0 radical (unpaired) electrons. The summed E-state index contributed by atoms with van der Waals surface area (Å²) in [6.07, 6.45) is 0. The van der Waals surface area contributed by atoms with Crippen LogP contribution in [-0.4, -0.2) is 46.0 Å². The number of fused-ring (bicyclic) bond motifs is 1. The second-order valence-corrected chi connectivity index (χ2v) is 8.56. The van der Waals surface area contributed by atoms with Crippen LogP contribution in [0.3, 0.4) is 0 Å². The van der Waals surface area contributed by atoms with Crippen molar-refractivity contribution in [3.8, 4) is 17.6 Å². The number of esters is 1. The van der Waals surface area contributed by atoms with Crippen molar-refractivity contribution in [3.05, 3.63) is 29.5 Å². The molecule has 1 atom stereocenters. The van der Waals surface area contributed by atoms with E-state index in [0.717, 1.165) is 0 Å². The summed E-state index contributed by atoms with van der Waals surface area (Å²) < 4.78 is 43.5. The van der Waals surface area contributed by atoms with Crippen molar-refractivity contribution >= 4 is 21.8 Å². The first-order valence-corrected chi connectivity index (χ1v) is 10.5. The first kappa shape index (κ1) is 23.2. The van der Waals surface area contributed by atoms with E-state index < -0.39 is 40.3 Å². The summed E-state index contributed by atoms with van der Waals surface area (Å²) in [4.78, 5) is 24.3. The van der Waals surface area contributed by atoms with E-state index >= 15 is 0 Å². The molecule has 162 valence electrons. The number of nitrogens with one attached hydrogen (secondary N) is 1. The highest BCUT2D eigenvalue weighted by atomic mass is 32.2. The minimum atomic E-state index is -4.11. The number of nitrogens with two attached hydrogens (primary N) is 1. The van der Waals surface area contributed by atoms with Crippen molar-refractivity contribution in [1.82, 2.24) is 4.72 Å². The largest absolute Gasteiger partial charge is 0.486 e. The summed E-state index contributed by atoms with van der Waals surface area (Å²) in [5.41, 5.74) is 5.12. The van der Waals surface area contributed by atoms with Gasteiger partial charge in [-0.15, -0.1) is 0 Å². The molecule has 0 aromatic heterocycles. The van der Waals surface area contributed by atoms with Gasteiger partial charge >= 0.3 is 5.97 Å². The number of ketones is 1. The molecule has 0 spiro atoms. The van der Waals surface area contributed by atoms with Crippen LogP contribution in [0.2, 0.25) is 0 Å². The van der Waals surface area contributed by atoms with Gasteiger partial charge < -0.3 is 19.9 Å². The Balaban J connectivity index is 2.14. The van der Waals surface area contributed by atoms with E-state index in [1.54, 1.807) is 19.9 Å². The summed E-state index contributed by atoms with van der Waals surface area (Å²) in [6.45, 7) is 4.53. The lowest BCUT2D eigenvalue weighted by Crippen LogP contribution is -2.45. The van der Waals surface area contributed by atoms with Gasteiger partial charge in [0.05, 0.1) is 4.90 Å². The monoisotopic (exact) mass is 437 g/mol. The number of Topliss-reactive ketones (excluding diaryl/α,β-unsaturated/α-hetero) is 1. The van der Waals surface area contributed by atoms with Gasteiger partial charge in [-0.05, 0) is 25.0 Å². The zero-order chi connectivity index (χ0) is 22.5. The van der Waals surface area contributed by atoms with E-state index in [0.29, 0.717) is 19.0 Å². The Bertz CT molecular complexity index is 1010. The van der Waals surface area contributed by atoms with E-state index in [1.807, 2.05) is 0 Å². The average molecular weight is 437 g/mol. The van der Waals surface area contributed by atoms with Crippen molar-refractivity contribution in [2.24, 2.45) is 11.7 Å². The molecule has 1 aromatic carbocycles. The second-order valence-electron chi connectivity index (χ2n) is 6.85. The van der Waals surface area contributed by atoms with Crippen LogP contribution in [0.4, 0.5) is 0 Å². The molecule has 0 bridgehead atoms. The lowest BCUT2D eigenvalue weighted by Gasteiger charge is -2.22. The van der Waals surface area contributed by atoms with Gasteiger partial charge in [-0.3, -0.25) is 9.59 Å². The minimum Gasteiger partial charge on any atom is -0.486 e. The molecular formula is C19H23N3O7S. The van der Waals surface area contributed by atoms with Crippen molar-refractivity contribution in [3.63, 3.8) is 0 Å². The van der Waals surface area contributed by atoms with Crippen molar-refractivity contribution in [1.29, 1.82) is 5.26 Å². The molecule has 0 fully saturated rings. The molecule has 3 N–H and O–H groups in total. The number of ether oxygens (including phenoxy) is 3. The summed E-state index contributed by atoms with van der Waals surface area (Å²) in [5.74, 6) is -1.50.